The van der Waals surface area contributed by atoms with Gasteiger partial charge in [-0.25, -0.2) is 4.39 Å². The lowest BCUT2D eigenvalue weighted by Crippen LogP contribution is -2.03. The van der Waals surface area contributed by atoms with Gasteiger partial charge in [-0.3, -0.25) is 0 Å². The molecule has 0 aromatic heterocycles. The van der Waals surface area contributed by atoms with Crippen LogP contribution in [0.1, 0.15) is 22.3 Å². The summed E-state index contributed by atoms with van der Waals surface area (Å²) in [4.78, 5) is 0. The van der Waals surface area contributed by atoms with Crippen LogP contribution in [0, 0.1) is 35.4 Å². The average Bonchev–Trinajstić information content (AvgIpc) is 2.48. The Morgan fingerprint density at radius 1 is 1.10 bits per heavy atom. The predicted octanol–water partition coefficient (Wildman–Crippen LogP) is 3.49. The summed E-state index contributed by atoms with van der Waals surface area (Å²) in [7, 11) is 0. The van der Waals surface area contributed by atoms with Crippen LogP contribution in [0.5, 0.6) is 0 Å². The van der Waals surface area contributed by atoms with Gasteiger partial charge in [-0.15, -0.1) is 0 Å². The van der Waals surface area contributed by atoms with E-state index in [0.717, 1.165) is 5.56 Å². The minimum absolute atomic E-state index is 0.279. The molecule has 20 heavy (non-hydrogen) atoms. The van der Waals surface area contributed by atoms with Gasteiger partial charge in [0.15, 0.2) is 0 Å². The molecule has 2 aromatic carbocycles. The highest BCUT2D eigenvalue weighted by Crippen LogP contribution is 2.21. The maximum absolute atomic E-state index is 13.6. The Hall–Kier alpha value is -2.85. The maximum Gasteiger partial charge on any atom is 0.129 e. The van der Waals surface area contributed by atoms with E-state index in [1.807, 2.05) is 12.1 Å². The van der Waals surface area contributed by atoms with Crippen LogP contribution >= 0.6 is 0 Å². The smallest absolute Gasteiger partial charge is 0.129 e. The first-order valence-corrected chi connectivity index (χ1v) is 6.07. The zero-order chi connectivity index (χ0) is 14.5. The molecule has 0 saturated carbocycles. The molecular weight excluding hydrogens is 253 g/mol. The van der Waals surface area contributed by atoms with Crippen molar-refractivity contribution in [2.75, 3.05) is 5.32 Å². The molecule has 2 aromatic rings. The summed E-state index contributed by atoms with van der Waals surface area (Å²) < 4.78 is 13.6. The molecule has 0 spiro atoms. The first-order valence-electron chi connectivity index (χ1n) is 6.07. The Balaban J connectivity index is 2.21. The monoisotopic (exact) mass is 265 g/mol. The molecular formula is C16H12FN3. The third-order valence-electron chi connectivity index (χ3n) is 3.01. The number of halogens is 1. The predicted molar refractivity (Wildman–Crippen MR) is 74.3 cm³/mol. The molecule has 0 unspecified atom stereocenters. The van der Waals surface area contributed by atoms with Crippen molar-refractivity contribution in [1.29, 1.82) is 10.5 Å². The van der Waals surface area contributed by atoms with Crippen LogP contribution < -0.4 is 5.32 Å². The van der Waals surface area contributed by atoms with E-state index in [-0.39, 0.29) is 5.56 Å². The molecule has 0 amide bonds. The van der Waals surface area contributed by atoms with E-state index >= 15 is 0 Å². The fourth-order valence-corrected chi connectivity index (χ4v) is 1.88. The third-order valence-corrected chi connectivity index (χ3v) is 3.01. The van der Waals surface area contributed by atoms with E-state index in [9.17, 15) is 4.39 Å². The largest absolute Gasteiger partial charge is 0.381 e. The number of nitriles is 2. The van der Waals surface area contributed by atoms with Crippen molar-refractivity contribution in [3.8, 4) is 12.1 Å². The number of anilines is 1. The first-order chi connectivity index (χ1) is 9.63. The van der Waals surface area contributed by atoms with E-state index in [1.165, 1.54) is 6.07 Å². The second kappa shape index (κ2) is 5.86. The highest BCUT2D eigenvalue weighted by molar-refractivity contribution is 5.56. The fraction of sp³-hybridized carbons (Fsp3) is 0.125. The van der Waals surface area contributed by atoms with E-state index < -0.39 is 5.82 Å². The number of hydrogen-bond donors (Lipinski definition) is 1. The van der Waals surface area contributed by atoms with Crippen LogP contribution in [0.4, 0.5) is 10.1 Å². The number of hydrogen-bond acceptors (Lipinski definition) is 3. The van der Waals surface area contributed by atoms with Gasteiger partial charge in [0.05, 0.1) is 23.3 Å². The number of rotatable bonds is 3. The van der Waals surface area contributed by atoms with Crippen molar-refractivity contribution < 1.29 is 4.39 Å². The van der Waals surface area contributed by atoms with Gasteiger partial charge in [-0.1, -0.05) is 12.1 Å². The molecule has 3 nitrogen and oxygen atoms in total. The molecule has 98 valence electrons. The Morgan fingerprint density at radius 2 is 1.85 bits per heavy atom. The number of nitrogens with zero attached hydrogens (tertiary/aromatic N) is 2. The fourth-order valence-electron chi connectivity index (χ4n) is 1.88. The van der Waals surface area contributed by atoms with Gasteiger partial charge in [0.2, 0.25) is 0 Å². The summed E-state index contributed by atoms with van der Waals surface area (Å²) in [6.45, 7) is 2.12. The zero-order valence-corrected chi connectivity index (χ0v) is 10.9. The van der Waals surface area contributed by atoms with Gasteiger partial charge < -0.3 is 5.32 Å². The average molecular weight is 265 g/mol. The highest BCUT2D eigenvalue weighted by Gasteiger charge is 2.07. The summed E-state index contributed by atoms with van der Waals surface area (Å²) in [5.74, 6) is -0.405. The van der Waals surface area contributed by atoms with Crippen LogP contribution in [0.2, 0.25) is 0 Å². The van der Waals surface area contributed by atoms with E-state index in [1.54, 1.807) is 31.2 Å². The first kappa shape index (κ1) is 13.6. The van der Waals surface area contributed by atoms with E-state index in [0.29, 0.717) is 23.4 Å². The highest BCUT2D eigenvalue weighted by atomic mass is 19.1. The second-order valence-corrected chi connectivity index (χ2v) is 4.41. The molecule has 0 bridgehead atoms. The maximum atomic E-state index is 13.6. The summed E-state index contributed by atoms with van der Waals surface area (Å²) in [5.41, 5.74) is 2.84. The molecule has 2 rings (SSSR count). The number of benzene rings is 2. The van der Waals surface area contributed by atoms with Gasteiger partial charge in [0.1, 0.15) is 5.82 Å². The van der Waals surface area contributed by atoms with Gasteiger partial charge in [0.25, 0.3) is 0 Å². The van der Waals surface area contributed by atoms with Crippen LogP contribution in [0.3, 0.4) is 0 Å². The van der Waals surface area contributed by atoms with Crippen molar-refractivity contribution >= 4 is 5.69 Å². The Morgan fingerprint density at radius 3 is 2.55 bits per heavy atom. The van der Waals surface area contributed by atoms with Crippen molar-refractivity contribution in [3.63, 3.8) is 0 Å². The van der Waals surface area contributed by atoms with Crippen LogP contribution in [0.25, 0.3) is 0 Å². The quantitative estimate of drug-likeness (QED) is 0.924. The van der Waals surface area contributed by atoms with E-state index in [2.05, 4.69) is 11.4 Å². The lowest BCUT2D eigenvalue weighted by molar-refractivity contribution is 0.618. The van der Waals surface area contributed by atoms with Crippen molar-refractivity contribution in [3.05, 3.63) is 64.5 Å². The third kappa shape index (κ3) is 2.93. The second-order valence-electron chi connectivity index (χ2n) is 4.41. The Bertz CT molecular complexity index is 723. The minimum atomic E-state index is -0.405. The topological polar surface area (TPSA) is 59.6 Å². The van der Waals surface area contributed by atoms with Crippen LogP contribution in [0.15, 0.2) is 36.4 Å². The molecule has 0 saturated heterocycles. The molecule has 0 atom stereocenters. The normalized spacial score (nSPS) is 9.60. The zero-order valence-electron chi connectivity index (χ0n) is 10.9. The summed E-state index contributed by atoms with van der Waals surface area (Å²) in [6.07, 6.45) is 0. The van der Waals surface area contributed by atoms with Crippen molar-refractivity contribution in [2.24, 2.45) is 0 Å². The Kier molecular flexibility index (Phi) is 3.98. The van der Waals surface area contributed by atoms with Crippen LogP contribution in [-0.4, -0.2) is 0 Å². The van der Waals surface area contributed by atoms with Gasteiger partial charge in [-0.05, 0) is 36.8 Å². The lowest BCUT2D eigenvalue weighted by atomic mass is 10.1. The number of nitrogens with one attached hydrogen (secondary N) is 1. The van der Waals surface area contributed by atoms with Crippen molar-refractivity contribution in [1.82, 2.24) is 0 Å². The molecule has 0 aliphatic heterocycles. The van der Waals surface area contributed by atoms with Gasteiger partial charge in [0, 0.05) is 17.8 Å². The van der Waals surface area contributed by atoms with E-state index in [4.69, 9.17) is 10.5 Å². The SMILES string of the molecule is Cc1c(F)cc(C#N)cc1NCc1cccc(C#N)c1. The molecule has 4 heteroatoms. The molecule has 1 N–H and O–H groups in total. The minimum Gasteiger partial charge on any atom is -0.381 e. The molecule has 0 fully saturated rings. The van der Waals surface area contributed by atoms with Crippen molar-refractivity contribution in [2.45, 2.75) is 13.5 Å². The molecule has 0 aliphatic rings. The summed E-state index contributed by atoms with van der Waals surface area (Å²) >= 11 is 0. The Labute approximate surface area is 116 Å². The molecule has 0 aliphatic carbocycles. The standard InChI is InChI=1S/C16H12FN3/c1-11-15(17)6-14(9-19)7-16(11)20-10-13-4-2-3-12(5-13)8-18/h2-7,20H,10H2,1H3. The van der Waals surface area contributed by atoms with Crippen LogP contribution in [-0.2, 0) is 6.54 Å². The lowest BCUT2D eigenvalue weighted by Gasteiger charge is -2.11. The molecule has 0 radical (unpaired) electrons. The summed E-state index contributed by atoms with van der Waals surface area (Å²) in [6, 6.07) is 14.0. The molecule has 0 heterocycles. The van der Waals surface area contributed by atoms with Gasteiger partial charge >= 0.3 is 0 Å². The van der Waals surface area contributed by atoms with Gasteiger partial charge in [-0.2, -0.15) is 10.5 Å². The summed E-state index contributed by atoms with van der Waals surface area (Å²) in [5, 5.41) is 20.8.